The molecule has 0 spiro atoms. The highest BCUT2D eigenvalue weighted by Gasteiger charge is 2.40. The Kier molecular flexibility index (Phi) is 2.88. The third-order valence-electron chi connectivity index (χ3n) is 2.21. The molecule has 0 aliphatic carbocycles. The van der Waals surface area contributed by atoms with Crippen LogP contribution in [0.15, 0.2) is 0 Å². The van der Waals surface area contributed by atoms with Gasteiger partial charge in [-0.15, -0.1) is 0 Å². The Labute approximate surface area is 81.7 Å². The lowest BCUT2D eigenvalue weighted by Gasteiger charge is -2.18. The van der Waals surface area contributed by atoms with E-state index in [9.17, 15) is 14.4 Å². The minimum atomic E-state index is -1.04. The standard InChI is InChI=1S/C9H13NO4/c1-5(2)10-7(11)3-6(9(10)14)4-8(12)13/h5-6H,3-4H2,1-2H3,(H,12,13). The topological polar surface area (TPSA) is 74.7 Å². The maximum absolute atomic E-state index is 11.5. The molecule has 1 saturated heterocycles. The van der Waals surface area contributed by atoms with Crippen molar-refractivity contribution in [2.24, 2.45) is 5.92 Å². The molecule has 0 bridgehead atoms. The van der Waals surface area contributed by atoms with Gasteiger partial charge in [-0.05, 0) is 13.8 Å². The summed E-state index contributed by atoms with van der Waals surface area (Å²) in [5.41, 5.74) is 0. The van der Waals surface area contributed by atoms with Crippen LogP contribution in [0.25, 0.3) is 0 Å². The van der Waals surface area contributed by atoms with E-state index >= 15 is 0 Å². The van der Waals surface area contributed by atoms with Crippen molar-refractivity contribution in [2.45, 2.75) is 32.7 Å². The Morgan fingerprint density at radius 2 is 2.14 bits per heavy atom. The van der Waals surface area contributed by atoms with E-state index in [2.05, 4.69) is 0 Å². The number of likely N-dealkylation sites (tertiary alicyclic amines) is 1. The zero-order valence-electron chi connectivity index (χ0n) is 8.19. The molecule has 14 heavy (non-hydrogen) atoms. The first kappa shape index (κ1) is 10.7. The second kappa shape index (κ2) is 3.77. The quantitative estimate of drug-likeness (QED) is 0.661. The molecule has 0 radical (unpaired) electrons. The highest BCUT2D eigenvalue weighted by molar-refractivity contribution is 6.04. The molecule has 0 saturated carbocycles. The maximum Gasteiger partial charge on any atom is 0.304 e. The molecule has 0 aromatic heterocycles. The van der Waals surface area contributed by atoms with E-state index in [1.165, 1.54) is 0 Å². The predicted molar refractivity (Wildman–Crippen MR) is 47.3 cm³/mol. The van der Waals surface area contributed by atoms with Crippen molar-refractivity contribution in [1.82, 2.24) is 4.90 Å². The van der Waals surface area contributed by atoms with Crippen molar-refractivity contribution >= 4 is 17.8 Å². The van der Waals surface area contributed by atoms with E-state index in [0.29, 0.717) is 0 Å². The molecule has 1 atom stereocenters. The van der Waals surface area contributed by atoms with E-state index in [4.69, 9.17) is 5.11 Å². The normalized spacial score (nSPS) is 22.2. The molecule has 0 aromatic carbocycles. The molecule has 1 rings (SSSR count). The van der Waals surface area contributed by atoms with Crippen LogP contribution >= 0.6 is 0 Å². The first-order chi connectivity index (χ1) is 6.43. The highest BCUT2D eigenvalue weighted by atomic mass is 16.4. The first-order valence-corrected chi connectivity index (χ1v) is 4.51. The second-order valence-electron chi connectivity index (χ2n) is 3.69. The number of nitrogens with zero attached hydrogens (tertiary/aromatic N) is 1. The number of carboxylic acid groups (broad SMARTS) is 1. The van der Waals surface area contributed by atoms with E-state index in [1.54, 1.807) is 13.8 Å². The van der Waals surface area contributed by atoms with Gasteiger partial charge in [-0.2, -0.15) is 0 Å². The van der Waals surface area contributed by atoms with Crippen LogP contribution in [0.3, 0.4) is 0 Å². The summed E-state index contributed by atoms with van der Waals surface area (Å²) in [6, 6.07) is -0.186. The minimum absolute atomic E-state index is 0.0311. The van der Waals surface area contributed by atoms with Crippen LogP contribution in [0.4, 0.5) is 0 Å². The summed E-state index contributed by atoms with van der Waals surface area (Å²) in [4.78, 5) is 34.4. The SMILES string of the molecule is CC(C)N1C(=O)CC(CC(=O)O)C1=O. The minimum Gasteiger partial charge on any atom is -0.481 e. The molecule has 1 aliphatic rings. The highest BCUT2D eigenvalue weighted by Crippen LogP contribution is 2.24. The van der Waals surface area contributed by atoms with Gasteiger partial charge in [0.05, 0.1) is 12.3 Å². The summed E-state index contributed by atoms with van der Waals surface area (Å²) < 4.78 is 0. The van der Waals surface area contributed by atoms with Gasteiger partial charge in [-0.1, -0.05) is 0 Å². The van der Waals surface area contributed by atoms with Crippen molar-refractivity contribution in [2.75, 3.05) is 0 Å². The van der Waals surface area contributed by atoms with Crippen molar-refractivity contribution in [3.05, 3.63) is 0 Å². The average Bonchev–Trinajstić information content (AvgIpc) is 2.25. The van der Waals surface area contributed by atoms with Crippen LogP contribution in [0, 0.1) is 5.92 Å². The first-order valence-electron chi connectivity index (χ1n) is 4.51. The van der Waals surface area contributed by atoms with Crippen LogP contribution in [0.5, 0.6) is 0 Å². The van der Waals surface area contributed by atoms with Crippen molar-refractivity contribution in [3.8, 4) is 0 Å². The molecular weight excluding hydrogens is 186 g/mol. The van der Waals surface area contributed by atoms with Crippen LogP contribution in [-0.4, -0.2) is 33.8 Å². The Morgan fingerprint density at radius 1 is 1.57 bits per heavy atom. The zero-order valence-corrected chi connectivity index (χ0v) is 8.19. The molecule has 2 amide bonds. The Morgan fingerprint density at radius 3 is 2.50 bits per heavy atom. The summed E-state index contributed by atoms with van der Waals surface area (Å²) in [6.07, 6.45) is -0.225. The van der Waals surface area contributed by atoms with E-state index in [1.807, 2.05) is 0 Å². The largest absolute Gasteiger partial charge is 0.481 e. The summed E-state index contributed by atoms with van der Waals surface area (Å²) >= 11 is 0. The summed E-state index contributed by atoms with van der Waals surface area (Å²) in [7, 11) is 0. The zero-order chi connectivity index (χ0) is 10.9. The van der Waals surface area contributed by atoms with Crippen LogP contribution in [0.2, 0.25) is 0 Å². The third kappa shape index (κ3) is 1.92. The molecule has 1 aliphatic heterocycles. The lowest BCUT2D eigenvalue weighted by Crippen LogP contribution is -2.36. The fourth-order valence-electron chi connectivity index (χ4n) is 1.63. The number of carboxylic acids is 1. The van der Waals surface area contributed by atoms with Gasteiger partial charge in [0, 0.05) is 12.5 Å². The van der Waals surface area contributed by atoms with Crippen LogP contribution < -0.4 is 0 Å². The van der Waals surface area contributed by atoms with Gasteiger partial charge in [0.15, 0.2) is 0 Å². The molecule has 78 valence electrons. The lowest BCUT2D eigenvalue weighted by molar-refractivity contribution is -0.145. The molecule has 0 aromatic rings. The number of carbonyl (C=O) groups is 3. The van der Waals surface area contributed by atoms with Crippen molar-refractivity contribution in [3.63, 3.8) is 0 Å². The number of imide groups is 1. The molecule has 5 nitrogen and oxygen atoms in total. The predicted octanol–water partition coefficient (Wildman–Crippen LogP) is 0.245. The summed E-state index contributed by atoms with van der Waals surface area (Å²) in [5, 5.41) is 8.52. The van der Waals surface area contributed by atoms with Gasteiger partial charge in [0.25, 0.3) is 0 Å². The molecule has 1 fully saturated rings. The monoisotopic (exact) mass is 199 g/mol. The fraction of sp³-hybridized carbons (Fsp3) is 0.667. The number of hydrogen-bond donors (Lipinski definition) is 1. The third-order valence-corrected chi connectivity index (χ3v) is 2.21. The van der Waals surface area contributed by atoms with E-state index < -0.39 is 11.9 Å². The second-order valence-corrected chi connectivity index (χ2v) is 3.69. The fourth-order valence-corrected chi connectivity index (χ4v) is 1.63. The van der Waals surface area contributed by atoms with Gasteiger partial charge in [-0.3, -0.25) is 19.3 Å². The van der Waals surface area contributed by atoms with Gasteiger partial charge in [0.2, 0.25) is 11.8 Å². The number of hydrogen-bond acceptors (Lipinski definition) is 3. The summed E-state index contributed by atoms with van der Waals surface area (Å²) in [5.74, 6) is -2.33. The molecule has 5 heteroatoms. The number of amides is 2. The summed E-state index contributed by atoms with van der Waals surface area (Å²) in [6.45, 7) is 3.47. The van der Waals surface area contributed by atoms with Crippen molar-refractivity contribution in [1.29, 1.82) is 0 Å². The van der Waals surface area contributed by atoms with Gasteiger partial charge in [-0.25, -0.2) is 0 Å². The molecule has 1 heterocycles. The Balaban J connectivity index is 2.74. The van der Waals surface area contributed by atoms with E-state index in [0.717, 1.165) is 4.90 Å². The Bertz CT molecular complexity index is 285. The van der Waals surface area contributed by atoms with Crippen LogP contribution in [0.1, 0.15) is 26.7 Å². The van der Waals surface area contributed by atoms with E-state index in [-0.39, 0.29) is 30.7 Å². The smallest absolute Gasteiger partial charge is 0.304 e. The van der Waals surface area contributed by atoms with Gasteiger partial charge >= 0.3 is 5.97 Å². The molecule has 1 unspecified atom stereocenters. The van der Waals surface area contributed by atoms with Crippen LogP contribution in [-0.2, 0) is 14.4 Å². The average molecular weight is 199 g/mol. The van der Waals surface area contributed by atoms with Gasteiger partial charge < -0.3 is 5.11 Å². The number of aliphatic carboxylic acids is 1. The Hall–Kier alpha value is -1.39. The number of rotatable bonds is 3. The number of carbonyl (C=O) groups excluding carboxylic acids is 2. The lowest BCUT2D eigenvalue weighted by atomic mass is 10.0. The maximum atomic E-state index is 11.5. The van der Waals surface area contributed by atoms with Gasteiger partial charge in [0.1, 0.15) is 0 Å². The molecule has 1 N–H and O–H groups in total. The van der Waals surface area contributed by atoms with Crippen molar-refractivity contribution < 1.29 is 19.5 Å². The molecular formula is C9H13NO4.